The summed E-state index contributed by atoms with van der Waals surface area (Å²) in [7, 11) is 2.02. The highest BCUT2D eigenvalue weighted by Crippen LogP contribution is 2.23. The van der Waals surface area contributed by atoms with Gasteiger partial charge in [-0.2, -0.15) is 0 Å². The normalized spacial score (nSPS) is 28.5. The lowest BCUT2D eigenvalue weighted by molar-refractivity contribution is -0.134. The molecule has 2 fully saturated rings. The van der Waals surface area contributed by atoms with E-state index in [1.54, 1.807) is 0 Å². The Morgan fingerprint density at radius 3 is 2.62 bits per heavy atom. The van der Waals surface area contributed by atoms with Gasteiger partial charge in [0.15, 0.2) is 0 Å². The molecular formula is C17H33N3O. The van der Waals surface area contributed by atoms with Gasteiger partial charge in [-0.05, 0) is 57.2 Å². The van der Waals surface area contributed by atoms with Gasteiger partial charge in [0.05, 0.1) is 0 Å². The number of hydrogen-bond acceptors (Lipinski definition) is 3. The summed E-state index contributed by atoms with van der Waals surface area (Å²) in [6.45, 7) is 10.2. The number of nitrogens with one attached hydrogen (secondary N) is 1. The summed E-state index contributed by atoms with van der Waals surface area (Å²) in [6.07, 6.45) is 5.42. The number of rotatable bonds is 5. The molecular weight excluding hydrogens is 262 g/mol. The van der Waals surface area contributed by atoms with Gasteiger partial charge in [-0.3, -0.25) is 4.79 Å². The fraction of sp³-hybridized carbons (Fsp3) is 0.941. The molecule has 0 aliphatic carbocycles. The number of amides is 1. The fourth-order valence-corrected chi connectivity index (χ4v) is 3.94. The molecule has 0 radical (unpaired) electrons. The summed E-state index contributed by atoms with van der Waals surface area (Å²) in [5.41, 5.74) is 0. The van der Waals surface area contributed by atoms with Crippen LogP contribution in [-0.4, -0.2) is 61.5 Å². The van der Waals surface area contributed by atoms with Gasteiger partial charge in [-0.15, -0.1) is 0 Å². The maximum atomic E-state index is 12.5. The van der Waals surface area contributed by atoms with Crippen molar-refractivity contribution in [1.29, 1.82) is 0 Å². The molecule has 4 nitrogen and oxygen atoms in total. The predicted molar refractivity (Wildman–Crippen MR) is 87.3 cm³/mol. The van der Waals surface area contributed by atoms with Gasteiger partial charge in [0.2, 0.25) is 5.91 Å². The summed E-state index contributed by atoms with van der Waals surface area (Å²) in [5.74, 6) is 1.70. The Labute approximate surface area is 130 Å². The van der Waals surface area contributed by atoms with E-state index in [9.17, 15) is 4.79 Å². The minimum atomic E-state index is 0.357. The highest BCUT2D eigenvalue weighted by atomic mass is 16.2. The van der Waals surface area contributed by atoms with Crippen LogP contribution in [0.25, 0.3) is 0 Å². The van der Waals surface area contributed by atoms with Crippen molar-refractivity contribution in [3.63, 3.8) is 0 Å². The molecule has 4 heteroatoms. The summed E-state index contributed by atoms with van der Waals surface area (Å²) in [5, 5.41) is 3.39. The first kappa shape index (κ1) is 16.8. The smallest absolute Gasteiger partial charge is 0.222 e. The van der Waals surface area contributed by atoms with Crippen molar-refractivity contribution in [2.75, 3.05) is 39.8 Å². The minimum Gasteiger partial charge on any atom is -0.342 e. The molecule has 2 aliphatic heterocycles. The van der Waals surface area contributed by atoms with Gasteiger partial charge >= 0.3 is 0 Å². The maximum absolute atomic E-state index is 12.5. The third kappa shape index (κ3) is 4.68. The third-order valence-electron chi connectivity index (χ3n) is 5.51. The van der Waals surface area contributed by atoms with Crippen molar-refractivity contribution >= 4 is 5.91 Å². The molecule has 0 aromatic heterocycles. The second-order valence-corrected chi connectivity index (χ2v) is 6.96. The molecule has 1 N–H and O–H groups in total. The molecule has 0 saturated carbocycles. The Balaban J connectivity index is 1.76. The molecule has 0 aromatic carbocycles. The van der Waals surface area contributed by atoms with E-state index in [-0.39, 0.29) is 0 Å². The number of piperidine rings is 2. The Morgan fingerprint density at radius 1 is 1.29 bits per heavy atom. The van der Waals surface area contributed by atoms with Gasteiger partial charge in [0.25, 0.3) is 0 Å². The number of likely N-dealkylation sites (tertiary alicyclic amines) is 1. The van der Waals surface area contributed by atoms with Gasteiger partial charge in [0.1, 0.15) is 0 Å². The maximum Gasteiger partial charge on any atom is 0.222 e. The van der Waals surface area contributed by atoms with E-state index in [4.69, 9.17) is 0 Å². The Bertz CT molecular complexity index is 328. The Morgan fingerprint density at radius 2 is 2.00 bits per heavy atom. The van der Waals surface area contributed by atoms with Gasteiger partial charge in [0, 0.05) is 32.6 Å². The first-order valence-electron chi connectivity index (χ1n) is 8.80. The van der Waals surface area contributed by atoms with E-state index in [0.29, 0.717) is 17.9 Å². The highest BCUT2D eigenvalue weighted by molar-refractivity contribution is 5.76. The SMILES string of the molecule is CCN1CC[C@H](N(C)C(=O)CCC2CCNCC2)[C@H](C)C1. The van der Waals surface area contributed by atoms with Crippen LogP contribution in [0.1, 0.15) is 46.0 Å². The number of carbonyl (C=O) groups excluding carboxylic acids is 1. The lowest BCUT2D eigenvalue weighted by Gasteiger charge is -2.41. The quantitative estimate of drug-likeness (QED) is 0.842. The topological polar surface area (TPSA) is 35.6 Å². The molecule has 2 atom stereocenters. The van der Waals surface area contributed by atoms with Crippen LogP contribution in [-0.2, 0) is 4.79 Å². The zero-order valence-electron chi connectivity index (χ0n) is 14.1. The molecule has 0 spiro atoms. The largest absolute Gasteiger partial charge is 0.342 e. The predicted octanol–water partition coefficient (Wildman–Crippen LogP) is 1.95. The van der Waals surface area contributed by atoms with Crippen LogP contribution in [0.15, 0.2) is 0 Å². The first-order chi connectivity index (χ1) is 10.1. The van der Waals surface area contributed by atoms with Crippen LogP contribution >= 0.6 is 0 Å². The van der Waals surface area contributed by atoms with Gasteiger partial charge in [-0.25, -0.2) is 0 Å². The Kier molecular flexibility index (Phi) is 6.49. The molecule has 1 amide bonds. The summed E-state index contributed by atoms with van der Waals surface area (Å²) in [4.78, 5) is 17.0. The minimum absolute atomic E-state index is 0.357. The molecule has 21 heavy (non-hydrogen) atoms. The highest BCUT2D eigenvalue weighted by Gasteiger charge is 2.30. The first-order valence-corrected chi connectivity index (χ1v) is 8.80. The van der Waals surface area contributed by atoms with Crippen LogP contribution in [0, 0.1) is 11.8 Å². The molecule has 0 aromatic rings. The van der Waals surface area contributed by atoms with Crippen LogP contribution < -0.4 is 5.32 Å². The van der Waals surface area contributed by atoms with Crippen molar-refractivity contribution in [1.82, 2.24) is 15.1 Å². The average Bonchev–Trinajstić information content (AvgIpc) is 2.52. The van der Waals surface area contributed by atoms with E-state index in [1.807, 2.05) is 7.05 Å². The molecule has 2 rings (SSSR count). The van der Waals surface area contributed by atoms with Crippen LogP contribution in [0.4, 0.5) is 0 Å². The zero-order valence-corrected chi connectivity index (χ0v) is 14.1. The van der Waals surface area contributed by atoms with E-state index < -0.39 is 0 Å². The van der Waals surface area contributed by atoms with E-state index in [2.05, 4.69) is 29.0 Å². The molecule has 2 aliphatic rings. The van der Waals surface area contributed by atoms with E-state index in [1.165, 1.54) is 12.8 Å². The van der Waals surface area contributed by atoms with Gasteiger partial charge < -0.3 is 15.1 Å². The fourth-order valence-electron chi connectivity index (χ4n) is 3.94. The van der Waals surface area contributed by atoms with Gasteiger partial charge in [-0.1, -0.05) is 13.8 Å². The van der Waals surface area contributed by atoms with E-state index >= 15 is 0 Å². The second-order valence-electron chi connectivity index (χ2n) is 6.96. The van der Waals surface area contributed by atoms with E-state index in [0.717, 1.165) is 57.9 Å². The van der Waals surface area contributed by atoms with Crippen molar-refractivity contribution in [3.8, 4) is 0 Å². The van der Waals surface area contributed by atoms with Crippen molar-refractivity contribution in [3.05, 3.63) is 0 Å². The average molecular weight is 295 g/mol. The zero-order chi connectivity index (χ0) is 15.2. The lowest BCUT2D eigenvalue weighted by atomic mass is 9.91. The number of nitrogens with zero attached hydrogens (tertiary/aromatic N) is 2. The van der Waals surface area contributed by atoms with Crippen LogP contribution in [0.2, 0.25) is 0 Å². The van der Waals surface area contributed by atoms with Crippen LogP contribution in [0.3, 0.4) is 0 Å². The summed E-state index contributed by atoms with van der Waals surface area (Å²) in [6, 6.07) is 0.438. The molecule has 0 unspecified atom stereocenters. The monoisotopic (exact) mass is 295 g/mol. The molecule has 2 heterocycles. The summed E-state index contributed by atoms with van der Waals surface area (Å²) >= 11 is 0. The summed E-state index contributed by atoms with van der Waals surface area (Å²) < 4.78 is 0. The standard InChI is InChI=1S/C17H33N3O/c1-4-20-12-9-16(14(2)13-20)19(3)17(21)6-5-15-7-10-18-11-8-15/h14-16,18H,4-13H2,1-3H3/t14-,16+/m1/s1. The lowest BCUT2D eigenvalue weighted by Crippen LogP contribution is -2.50. The molecule has 0 bridgehead atoms. The molecule has 122 valence electrons. The van der Waals surface area contributed by atoms with Crippen molar-refractivity contribution in [2.45, 2.75) is 52.0 Å². The number of hydrogen-bond donors (Lipinski definition) is 1. The molecule has 2 saturated heterocycles. The third-order valence-corrected chi connectivity index (χ3v) is 5.51. The van der Waals surface area contributed by atoms with Crippen molar-refractivity contribution in [2.24, 2.45) is 11.8 Å². The Hall–Kier alpha value is -0.610. The number of carbonyl (C=O) groups is 1. The second kappa shape index (κ2) is 8.14. The van der Waals surface area contributed by atoms with Crippen LogP contribution in [0.5, 0.6) is 0 Å². The van der Waals surface area contributed by atoms with Crippen molar-refractivity contribution < 1.29 is 4.79 Å².